The molecule has 2 aliphatic rings. The maximum atomic E-state index is 13.0. The Bertz CT molecular complexity index is 1450. The van der Waals surface area contributed by atoms with Crippen LogP contribution in [0, 0.1) is 11.8 Å². The Balaban J connectivity index is 1.56. The lowest BCUT2D eigenvalue weighted by Gasteiger charge is -2.38. The number of hydrogen-bond donors (Lipinski definition) is 2. The molecule has 2 aliphatic carbocycles. The first-order valence-electron chi connectivity index (χ1n) is 15.6. The van der Waals surface area contributed by atoms with Crippen molar-refractivity contribution in [1.29, 1.82) is 0 Å². The summed E-state index contributed by atoms with van der Waals surface area (Å²) in [6.07, 6.45) is 9.21. The van der Waals surface area contributed by atoms with Crippen LogP contribution in [0.3, 0.4) is 0 Å². The van der Waals surface area contributed by atoms with Gasteiger partial charge in [-0.05, 0) is 96.9 Å². The Hall–Kier alpha value is -2.66. The zero-order valence-corrected chi connectivity index (χ0v) is 28.6. The Morgan fingerprint density at radius 3 is 2.45 bits per heavy atom. The van der Waals surface area contributed by atoms with Gasteiger partial charge in [0, 0.05) is 19.7 Å². The van der Waals surface area contributed by atoms with Gasteiger partial charge in [-0.25, -0.2) is 13.4 Å². The second-order valence-electron chi connectivity index (χ2n) is 12.5. The van der Waals surface area contributed by atoms with Crippen molar-refractivity contribution >= 4 is 38.9 Å². The highest BCUT2D eigenvalue weighted by atomic mass is 35.5. The minimum Gasteiger partial charge on any atom is -0.489 e. The average Bonchev–Trinajstić information content (AvgIpc) is 2.99. The van der Waals surface area contributed by atoms with Gasteiger partial charge in [0.05, 0.1) is 40.4 Å². The molecule has 1 atom stereocenters. The molecule has 0 spiro atoms. The molecule has 1 fully saturated rings. The number of nitrogens with one attached hydrogen (secondary N) is 2. The highest BCUT2D eigenvalue weighted by Gasteiger charge is 2.32. The fourth-order valence-corrected chi connectivity index (χ4v) is 7.35. The van der Waals surface area contributed by atoms with Crippen molar-refractivity contribution in [1.82, 2.24) is 14.9 Å². The number of rotatable bonds is 13. The third-order valence-electron chi connectivity index (χ3n) is 8.55. The van der Waals surface area contributed by atoms with E-state index in [1.54, 1.807) is 45.2 Å². The number of aromatic nitrogens is 2. The van der Waals surface area contributed by atoms with Crippen molar-refractivity contribution in [3.63, 3.8) is 0 Å². The molecule has 242 valence electrons. The standard InChI is InChI=1S/C33H48ClN5O4S/c1-21(2)43-30-19-26(24-12-14-25(15-13-24)39(6)16-17-42-7)23(5)18-29(30)37-33-35-20-27(34)32(38-33)36-28-10-8-9-11-31(28)44(40,41)22(3)4/h8-11,19-25H,12-18H2,1-7H3,(H2,35,36,37,38)/t23?,24-,25+. The van der Waals surface area contributed by atoms with Gasteiger partial charge in [-0.3, -0.25) is 0 Å². The number of likely N-dealkylation sites (N-methyl/N-ethyl adjacent to an activating group) is 1. The van der Waals surface area contributed by atoms with E-state index < -0.39 is 15.1 Å². The van der Waals surface area contributed by atoms with Crippen LogP contribution in [0.15, 0.2) is 58.5 Å². The van der Waals surface area contributed by atoms with Crippen LogP contribution in [0.4, 0.5) is 17.5 Å². The van der Waals surface area contributed by atoms with Gasteiger partial charge in [0.1, 0.15) is 10.8 Å². The Kier molecular flexibility index (Phi) is 11.7. The molecule has 4 rings (SSSR count). The fourth-order valence-electron chi connectivity index (χ4n) is 6.01. The summed E-state index contributed by atoms with van der Waals surface area (Å²) in [6.45, 7) is 11.4. The molecule has 9 nitrogen and oxygen atoms in total. The summed E-state index contributed by atoms with van der Waals surface area (Å²) in [7, 11) is 0.432. The van der Waals surface area contributed by atoms with Crippen molar-refractivity contribution < 1.29 is 17.9 Å². The van der Waals surface area contributed by atoms with Gasteiger partial charge in [0.2, 0.25) is 5.95 Å². The van der Waals surface area contributed by atoms with E-state index in [1.807, 2.05) is 13.8 Å². The first-order chi connectivity index (χ1) is 20.9. The molecule has 1 aromatic heterocycles. The number of benzene rings is 1. The largest absolute Gasteiger partial charge is 0.489 e. The van der Waals surface area contributed by atoms with E-state index in [-0.39, 0.29) is 16.0 Å². The van der Waals surface area contributed by atoms with E-state index in [9.17, 15) is 8.42 Å². The van der Waals surface area contributed by atoms with E-state index in [2.05, 4.69) is 45.5 Å². The highest BCUT2D eigenvalue weighted by Crippen LogP contribution is 2.41. The van der Waals surface area contributed by atoms with E-state index in [1.165, 1.54) is 37.5 Å². The molecule has 1 heterocycles. The number of allylic oxidation sites excluding steroid dienone is 3. The zero-order valence-electron chi connectivity index (χ0n) is 27.1. The number of anilines is 3. The summed E-state index contributed by atoms with van der Waals surface area (Å²) in [5.74, 6) is 2.35. The maximum Gasteiger partial charge on any atom is 0.229 e. The molecule has 0 aliphatic heterocycles. The molecule has 0 amide bonds. The monoisotopic (exact) mass is 645 g/mol. The second-order valence-corrected chi connectivity index (χ2v) is 15.3. The van der Waals surface area contributed by atoms with Crippen LogP contribution in [0.25, 0.3) is 0 Å². The molecule has 0 saturated heterocycles. The van der Waals surface area contributed by atoms with Gasteiger partial charge in [0.15, 0.2) is 15.7 Å². The lowest BCUT2D eigenvalue weighted by Crippen LogP contribution is -2.37. The van der Waals surface area contributed by atoms with Crippen LogP contribution in [0.1, 0.15) is 66.7 Å². The van der Waals surface area contributed by atoms with E-state index in [4.69, 9.17) is 21.1 Å². The normalized spacial score (nSPS) is 21.2. The number of nitrogens with zero attached hydrogens (tertiary/aromatic N) is 3. The Morgan fingerprint density at radius 1 is 1.09 bits per heavy atom. The molecular weight excluding hydrogens is 598 g/mol. The second kappa shape index (κ2) is 15.1. The Morgan fingerprint density at radius 2 is 1.80 bits per heavy atom. The maximum absolute atomic E-state index is 13.0. The molecule has 1 saturated carbocycles. The van der Waals surface area contributed by atoms with Crippen LogP contribution in [-0.2, 0) is 19.3 Å². The number of ether oxygens (including phenoxy) is 2. The lowest BCUT2D eigenvalue weighted by molar-refractivity contribution is 0.115. The van der Waals surface area contributed by atoms with Gasteiger partial charge in [-0.2, -0.15) is 4.98 Å². The molecule has 0 bridgehead atoms. The number of halogens is 1. The summed E-state index contributed by atoms with van der Waals surface area (Å²) in [4.78, 5) is 11.7. The van der Waals surface area contributed by atoms with Crippen LogP contribution in [0.5, 0.6) is 0 Å². The van der Waals surface area contributed by atoms with Crippen molar-refractivity contribution in [2.24, 2.45) is 11.8 Å². The fraction of sp³-hybridized carbons (Fsp3) is 0.576. The molecule has 2 aromatic rings. The van der Waals surface area contributed by atoms with Crippen molar-refractivity contribution in [3.05, 3.63) is 58.6 Å². The van der Waals surface area contributed by atoms with Gasteiger partial charge in [-0.15, -0.1) is 0 Å². The summed E-state index contributed by atoms with van der Waals surface area (Å²) in [5.41, 5.74) is 2.78. The van der Waals surface area contributed by atoms with Crippen molar-refractivity contribution in [2.75, 3.05) is 37.9 Å². The van der Waals surface area contributed by atoms with E-state index in [0.29, 0.717) is 35.3 Å². The van der Waals surface area contributed by atoms with Crippen LogP contribution in [0.2, 0.25) is 5.02 Å². The van der Waals surface area contributed by atoms with Crippen molar-refractivity contribution in [2.45, 2.75) is 89.0 Å². The van der Waals surface area contributed by atoms with E-state index >= 15 is 0 Å². The van der Waals surface area contributed by atoms with Gasteiger partial charge < -0.3 is 25.0 Å². The number of methoxy groups -OCH3 is 1. The quantitative estimate of drug-likeness (QED) is 0.234. The molecule has 2 N–H and O–H groups in total. The van der Waals surface area contributed by atoms with Gasteiger partial charge in [-0.1, -0.05) is 36.2 Å². The molecule has 0 radical (unpaired) electrons. The summed E-state index contributed by atoms with van der Waals surface area (Å²) >= 11 is 6.48. The smallest absolute Gasteiger partial charge is 0.229 e. The van der Waals surface area contributed by atoms with Crippen LogP contribution in [-0.4, -0.2) is 68.0 Å². The first kappa shape index (κ1) is 34.2. The summed E-state index contributed by atoms with van der Waals surface area (Å²) < 4.78 is 37.6. The third-order valence-corrected chi connectivity index (χ3v) is 11.0. The number of hydrogen-bond acceptors (Lipinski definition) is 9. The predicted molar refractivity (Wildman–Crippen MR) is 178 cm³/mol. The zero-order chi connectivity index (χ0) is 32.0. The minimum absolute atomic E-state index is 0.000600. The first-order valence-corrected chi connectivity index (χ1v) is 17.5. The minimum atomic E-state index is -3.53. The number of sulfone groups is 1. The predicted octanol–water partition coefficient (Wildman–Crippen LogP) is 7.21. The molecule has 1 unspecified atom stereocenters. The molecule has 1 aromatic carbocycles. The third kappa shape index (κ3) is 8.33. The van der Waals surface area contributed by atoms with Crippen LogP contribution < -0.4 is 10.6 Å². The highest BCUT2D eigenvalue weighted by molar-refractivity contribution is 7.92. The Labute approximate surface area is 268 Å². The lowest BCUT2D eigenvalue weighted by atomic mass is 9.74. The van der Waals surface area contributed by atoms with Crippen molar-refractivity contribution in [3.8, 4) is 0 Å². The van der Waals surface area contributed by atoms with Gasteiger partial charge >= 0.3 is 0 Å². The SMILES string of the molecule is COCCN(C)[C@H]1CC[C@@H](C2=CC(OC(C)C)=C(Nc3ncc(Cl)c(Nc4ccccc4S(=O)(=O)C(C)C)n3)CC2C)CC1. The van der Waals surface area contributed by atoms with Crippen LogP contribution >= 0.6 is 11.6 Å². The molecular formula is C33H48ClN5O4S. The van der Waals surface area contributed by atoms with E-state index in [0.717, 1.165) is 31.0 Å². The number of para-hydroxylation sites is 1. The van der Waals surface area contributed by atoms with Gasteiger partial charge in [0.25, 0.3) is 0 Å². The molecule has 11 heteroatoms. The molecule has 44 heavy (non-hydrogen) atoms. The topological polar surface area (TPSA) is 106 Å². The summed E-state index contributed by atoms with van der Waals surface area (Å²) in [5, 5.41) is 6.24. The average molecular weight is 646 g/mol. The summed E-state index contributed by atoms with van der Waals surface area (Å²) in [6, 6.07) is 7.37.